The van der Waals surface area contributed by atoms with Crippen molar-refractivity contribution >= 4 is 16.9 Å². The molecule has 1 aromatic heterocycles. The lowest BCUT2D eigenvalue weighted by molar-refractivity contribution is -0.146. The van der Waals surface area contributed by atoms with Gasteiger partial charge in [0.05, 0.1) is 30.7 Å². The maximum absolute atomic E-state index is 13.8. The van der Waals surface area contributed by atoms with Gasteiger partial charge in [-0.05, 0) is 74.7 Å². The average molecular weight is 526 g/mol. The quantitative estimate of drug-likeness (QED) is 0.326. The number of nitrogens with one attached hydrogen (secondary N) is 1. The Balaban J connectivity index is 1.42. The van der Waals surface area contributed by atoms with Crippen molar-refractivity contribution in [3.8, 4) is 17.6 Å². The molecular formula is C29H30F3N3O3. The van der Waals surface area contributed by atoms with E-state index in [-0.39, 0.29) is 24.1 Å². The van der Waals surface area contributed by atoms with Crippen LogP contribution < -0.4 is 10.1 Å². The molecule has 0 unspecified atom stereocenters. The first kappa shape index (κ1) is 27.4. The number of aromatic nitrogens is 1. The summed E-state index contributed by atoms with van der Waals surface area (Å²) in [6.45, 7) is 1.11. The highest BCUT2D eigenvalue weighted by molar-refractivity contribution is 5.84. The van der Waals surface area contributed by atoms with Gasteiger partial charge in [0, 0.05) is 30.2 Å². The van der Waals surface area contributed by atoms with Gasteiger partial charge in [0.25, 0.3) is 0 Å². The molecule has 0 amide bonds. The molecule has 0 saturated carbocycles. The summed E-state index contributed by atoms with van der Waals surface area (Å²) in [6.07, 6.45) is 3.90. The van der Waals surface area contributed by atoms with Crippen LogP contribution in [0.25, 0.3) is 10.9 Å². The second-order valence-corrected chi connectivity index (χ2v) is 9.48. The second-order valence-electron chi connectivity index (χ2n) is 9.48. The summed E-state index contributed by atoms with van der Waals surface area (Å²) in [5, 5.41) is 14.3. The zero-order valence-electron chi connectivity index (χ0n) is 21.3. The Morgan fingerprint density at radius 2 is 2.08 bits per heavy atom. The van der Waals surface area contributed by atoms with Gasteiger partial charge in [0.1, 0.15) is 11.6 Å². The third kappa shape index (κ3) is 6.26. The predicted octanol–water partition coefficient (Wildman–Crippen LogP) is 4.78. The van der Waals surface area contributed by atoms with Gasteiger partial charge in [0.15, 0.2) is 11.6 Å². The zero-order valence-corrected chi connectivity index (χ0v) is 21.3. The van der Waals surface area contributed by atoms with Gasteiger partial charge in [-0.15, -0.1) is 0 Å². The number of carboxylic acids is 1. The van der Waals surface area contributed by atoms with Crippen LogP contribution in [0.5, 0.6) is 5.75 Å². The van der Waals surface area contributed by atoms with Crippen LogP contribution in [0.2, 0.25) is 0 Å². The molecule has 2 N–H and O–H groups in total. The molecule has 2 heterocycles. The Morgan fingerprint density at radius 3 is 2.82 bits per heavy atom. The zero-order chi connectivity index (χ0) is 27.2. The third-order valence-corrected chi connectivity index (χ3v) is 7.21. The number of halogens is 3. The number of carbonyl (C=O) groups is 1. The number of hydrogen-bond donors (Lipinski definition) is 2. The molecule has 1 fully saturated rings. The number of fused-ring (bicyclic) bond motifs is 1. The van der Waals surface area contributed by atoms with Gasteiger partial charge in [-0.2, -0.15) is 0 Å². The molecule has 0 bridgehead atoms. The maximum atomic E-state index is 13.8. The molecule has 3 atom stereocenters. The maximum Gasteiger partial charge on any atom is 0.308 e. The highest BCUT2D eigenvalue weighted by Crippen LogP contribution is 2.33. The van der Waals surface area contributed by atoms with Crippen molar-refractivity contribution in [1.82, 2.24) is 15.2 Å². The van der Waals surface area contributed by atoms with E-state index in [2.05, 4.69) is 22.1 Å². The van der Waals surface area contributed by atoms with Crippen LogP contribution in [0, 0.1) is 41.1 Å². The van der Waals surface area contributed by atoms with E-state index in [0.29, 0.717) is 32.0 Å². The van der Waals surface area contributed by atoms with Crippen LogP contribution in [0.3, 0.4) is 0 Å². The number of ether oxygens (including phenoxy) is 1. The third-order valence-electron chi connectivity index (χ3n) is 7.21. The van der Waals surface area contributed by atoms with Crippen LogP contribution in [-0.4, -0.2) is 54.8 Å². The number of pyridine rings is 1. The number of carboxylic acid groups (broad SMARTS) is 1. The molecule has 1 aliphatic heterocycles. The molecule has 0 radical (unpaired) electrons. The summed E-state index contributed by atoms with van der Waals surface area (Å²) in [7, 11) is 3.51. The van der Waals surface area contributed by atoms with Crippen LogP contribution in [-0.2, 0) is 4.79 Å². The minimum atomic E-state index is -1.29. The topological polar surface area (TPSA) is 74.7 Å². The van der Waals surface area contributed by atoms with E-state index in [1.54, 1.807) is 13.3 Å². The van der Waals surface area contributed by atoms with Crippen molar-refractivity contribution in [1.29, 1.82) is 0 Å². The van der Waals surface area contributed by atoms with Crippen LogP contribution in [0.1, 0.15) is 36.4 Å². The number of methoxy groups -OCH3 is 1. The van der Waals surface area contributed by atoms with Crippen molar-refractivity contribution in [3.05, 3.63) is 71.2 Å². The number of rotatable bonds is 8. The largest absolute Gasteiger partial charge is 0.497 e. The van der Waals surface area contributed by atoms with Crippen LogP contribution in [0.15, 0.2) is 42.6 Å². The summed E-state index contributed by atoms with van der Waals surface area (Å²) in [5.41, 5.74) is 1.59. The van der Waals surface area contributed by atoms with Gasteiger partial charge in [-0.1, -0.05) is 11.8 Å². The minimum Gasteiger partial charge on any atom is -0.497 e. The van der Waals surface area contributed by atoms with E-state index in [9.17, 15) is 23.1 Å². The van der Waals surface area contributed by atoms with Gasteiger partial charge in [-0.25, -0.2) is 13.2 Å². The predicted molar refractivity (Wildman–Crippen MR) is 138 cm³/mol. The standard InChI is InChI=1S/C29H30F3N3O3/c1-33-26(22-9-11-34-27-8-6-21(38-2)16-23(22)27)7-5-18-10-13-35(17-24(18)29(36)37)12-3-4-19-14-20(30)15-25(31)28(19)32/h6,8-9,11,14-16,18,24,26,33H,5,7,10,12-13,17H2,1-2H3,(H,36,37)/t18-,24+,26+/m1/s1. The molecule has 38 heavy (non-hydrogen) atoms. The monoisotopic (exact) mass is 525 g/mol. The molecule has 200 valence electrons. The second kappa shape index (κ2) is 12.3. The normalized spacial score (nSPS) is 18.6. The van der Waals surface area contributed by atoms with Crippen molar-refractivity contribution in [2.45, 2.75) is 25.3 Å². The molecule has 1 aliphatic rings. The highest BCUT2D eigenvalue weighted by Gasteiger charge is 2.34. The molecule has 0 aliphatic carbocycles. The van der Waals surface area contributed by atoms with Crippen LogP contribution in [0.4, 0.5) is 13.2 Å². The van der Waals surface area contributed by atoms with Crippen molar-refractivity contribution in [3.63, 3.8) is 0 Å². The summed E-state index contributed by atoms with van der Waals surface area (Å²) >= 11 is 0. The Hall–Kier alpha value is -3.61. The molecule has 3 aromatic rings. The van der Waals surface area contributed by atoms with E-state index in [1.165, 1.54) is 0 Å². The Morgan fingerprint density at radius 1 is 1.26 bits per heavy atom. The summed E-state index contributed by atoms with van der Waals surface area (Å²) in [4.78, 5) is 18.5. The number of hydrogen-bond acceptors (Lipinski definition) is 5. The lowest BCUT2D eigenvalue weighted by atomic mass is 9.81. The van der Waals surface area contributed by atoms with E-state index in [1.807, 2.05) is 36.2 Å². The van der Waals surface area contributed by atoms with Crippen LogP contribution >= 0.6 is 0 Å². The Bertz CT molecular complexity index is 1370. The van der Waals surface area contributed by atoms with Gasteiger partial charge in [0.2, 0.25) is 0 Å². The fourth-order valence-electron chi connectivity index (χ4n) is 5.14. The average Bonchev–Trinajstić information content (AvgIpc) is 2.91. The van der Waals surface area contributed by atoms with Gasteiger partial charge < -0.3 is 15.2 Å². The SMILES string of the molecule is CN[C@@H](CC[C@@H]1CCN(CC#Cc2cc(F)cc(F)c2F)C[C@@H]1C(=O)O)c1ccnc2ccc(OC)cc12. The van der Waals surface area contributed by atoms with Crippen molar-refractivity contribution < 1.29 is 27.8 Å². The number of likely N-dealkylation sites (tertiary alicyclic amines) is 1. The molecule has 4 rings (SSSR count). The minimum absolute atomic E-state index is 0.00695. The Kier molecular flexibility index (Phi) is 8.87. The first-order chi connectivity index (χ1) is 18.3. The molecule has 9 heteroatoms. The fraction of sp³-hybridized carbons (Fsp3) is 0.379. The van der Waals surface area contributed by atoms with E-state index < -0.39 is 29.3 Å². The number of aliphatic carboxylic acids is 1. The van der Waals surface area contributed by atoms with Crippen molar-refractivity contribution in [2.75, 3.05) is 33.8 Å². The summed E-state index contributed by atoms with van der Waals surface area (Å²) < 4.78 is 46.0. The Labute approximate surface area is 219 Å². The van der Waals surface area contributed by atoms with Gasteiger partial charge >= 0.3 is 5.97 Å². The van der Waals surface area contributed by atoms with E-state index in [0.717, 1.165) is 34.7 Å². The highest BCUT2D eigenvalue weighted by atomic mass is 19.2. The molecular weight excluding hydrogens is 495 g/mol. The van der Waals surface area contributed by atoms with Gasteiger partial charge in [-0.3, -0.25) is 14.7 Å². The van der Waals surface area contributed by atoms with Crippen molar-refractivity contribution in [2.24, 2.45) is 11.8 Å². The molecule has 2 aromatic carbocycles. The first-order valence-corrected chi connectivity index (χ1v) is 12.5. The molecule has 1 saturated heterocycles. The van der Waals surface area contributed by atoms with E-state index in [4.69, 9.17) is 4.74 Å². The fourth-order valence-corrected chi connectivity index (χ4v) is 5.14. The number of nitrogens with zero attached hydrogens (tertiary/aromatic N) is 2. The lowest BCUT2D eigenvalue weighted by Gasteiger charge is -2.36. The number of benzene rings is 2. The number of piperidine rings is 1. The summed E-state index contributed by atoms with van der Waals surface area (Å²) in [6, 6.07) is 9.05. The first-order valence-electron chi connectivity index (χ1n) is 12.5. The molecule has 6 nitrogen and oxygen atoms in total. The smallest absolute Gasteiger partial charge is 0.308 e. The molecule has 0 spiro atoms. The van der Waals surface area contributed by atoms with E-state index >= 15 is 0 Å². The summed E-state index contributed by atoms with van der Waals surface area (Å²) in [5.74, 6) is 1.08. The lowest BCUT2D eigenvalue weighted by Crippen LogP contribution is -2.44.